The van der Waals surface area contributed by atoms with Crippen molar-refractivity contribution >= 4 is 22.6 Å². The third kappa shape index (κ3) is 4.48. The van der Waals surface area contributed by atoms with E-state index in [9.17, 15) is 4.79 Å². The number of fused-ring (bicyclic) bond motifs is 2. The number of aryl methyl sites for hydroxylation is 1. The van der Waals surface area contributed by atoms with Crippen LogP contribution in [0.2, 0.25) is 0 Å². The molecule has 0 atom stereocenters. The molecule has 2 aromatic carbocycles. The molecular formula is C27H27N6O+. The lowest BCUT2D eigenvalue weighted by molar-refractivity contribution is -0.115. The maximum Gasteiger partial charge on any atom is 0.374 e. The number of benzene rings is 2. The van der Waals surface area contributed by atoms with Crippen molar-refractivity contribution in [2.45, 2.75) is 38.8 Å². The van der Waals surface area contributed by atoms with Crippen LogP contribution in [0.3, 0.4) is 0 Å². The largest absolute Gasteiger partial charge is 0.374 e. The summed E-state index contributed by atoms with van der Waals surface area (Å²) in [6.45, 7) is 1.02. The Balaban J connectivity index is 1.57. The van der Waals surface area contributed by atoms with Crippen molar-refractivity contribution in [1.82, 2.24) is 19.9 Å². The first-order valence-electron chi connectivity index (χ1n) is 11.6. The van der Waals surface area contributed by atoms with Crippen molar-refractivity contribution in [2.75, 3.05) is 12.4 Å². The molecule has 0 unspecified atom stereocenters. The molecule has 0 saturated carbocycles. The van der Waals surface area contributed by atoms with Gasteiger partial charge in [0.1, 0.15) is 5.82 Å². The number of rotatable bonds is 6. The molecule has 4 aromatic rings. The molecule has 2 N–H and O–H groups in total. The van der Waals surface area contributed by atoms with E-state index < -0.39 is 0 Å². The van der Waals surface area contributed by atoms with E-state index in [4.69, 9.17) is 9.97 Å². The van der Waals surface area contributed by atoms with Gasteiger partial charge in [-0.05, 0) is 43.4 Å². The molecule has 34 heavy (non-hydrogen) atoms. The van der Waals surface area contributed by atoms with E-state index in [1.165, 1.54) is 18.2 Å². The number of hydrogen-bond acceptors (Lipinski definition) is 4. The van der Waals surface area contributed by atoms with Crippen LogP contribution in [0.25, 0.3) is 21.7 Å². The Labute approximate surface area is 198 Å². The van der Waals surface area contributed by atoms with Gasteiger partial charge in [0.15, 0.2) is 0 Å². The minimum Gasteiger partial charge on any atom is -0.366 e. The zero-order valence-corrected chi connectivity index (χ0v) is 19.2. The summed E-state index contributed by atoms with van der Waals surface area (Å²) in [5, 5.41) is 7.50. The number of aromatic nitrogens is 3. The van der Waals surface area contributed by atoms with Crippen molar-refractivity contribution in [3.05, 3.63) is 88.0 Å². The molecule has 1 amide bonds. The second-order valence-corrected chi connectivity index (χ2v) is 8.39. The number of para-hydroxylation sites is 1. The summed E-state index contributed by atoms with van der Waals surface area (Å²) in [6.07, 6.45) is 4.20. The van der Waals surface area contributed by atoms with Gasteiger partial charge in [0.25, 0.3) is 7.05 Å². The number of amides is 1. The highest BCUT2D eigenvalue weighted by atomic mass is 16.1. The lowest BCUT2D eigenvalue weighted by Gasteiger charge is -2.21. The lowest BCUT2D eigenvalue weighted by atomic mass is 9.96. The van der Waals surface area contributed by atoms with Crippen molar-refractivity contribution in [2.24, 2.45) is 0 Å². The standard InChI is InChI=1S/C27H26N6O/c1-28-18-25(34)29-17-21-15-20-11-5-8-14-24(20)33(21)27-31-23-13-7-6-12-22(23)26(32-27)30-16-19-9-3-2-4-10-19/h2-5,8-11,14-15H,6-7,12-13,16-17H2,1H3,(H-,29,30,31,32,34)/p+1. The second kappa shape index (κ2) is 9.75. The van der Waals surface area contributed by atoms with E-state index in [0.717, 1.165) is 53.8 Å². The fourth-order valence-electron chi connectivity index (χ4n) is 4.50. The van der Waals surface area contributed by atoms with E-state index in [2.05, 4.69) is 51.9 Å². The summed E-state index contributed by atoms with van der Waals surface area (Å²) >= 11 is 0. The molecular weight excluding hydrogens is 424 g/mol. The van der Waals surface area contributed by atoms with Gasteiger partial charge in [0, 0.05) is 23.2 Å². The van der Waals surface area contributed by atoms with Gasteiger partial charge in [0.05, 0.1) is 17.8 Å². The minimum atomic E-state index is -0.351. The number of nitrogens with one attached hydrogen (secondary N) is 2. The third-order valence-electron chi connectivity index (χ3n) is 6.10. The monoisotopic (exact) mass is 451 g/mol. The summed E-state index contributed by atoms with van der Waals surface area (Å²) in [4.78, 5) is 25.7. The van der Waals surface area contributed by atoms with Gasteiger partial charge in [-0.15, -0.1) is 0 Å². The van der Waals surface area contributed by atoms with Crippen LogP contribution in [-0.2, 0) is 30.7 Å². The van der Waals surface area contributed by atoms with Crippen molar-refractivity contribution in [3.8, 4) is 12.0 Å². The average Bonchev–Trinajstić information content (AvgIpc) is 3.25. The molecule has 2 heterocycles. The number of carbonyl (C=O) groups excluding carboxylic acids is 1. The van der Waals surface area contributed by atoms with Crippen LogP contribution in [-0.4, -0.2) is 27.5 Å². The van der Waals surface area contributed by atoms with Crippen LogP contribution >= 0.6 is 0 Å². The summed E-state index contributed by atoms with van der Waals surface area (Å²) in [7, 11) is 1.53. The minimum absolute atomic E-state index is 0.323. The van der Waals surface area contributed by atoms with E-state index in [-0.39, 0.29) is 5.91 Å². The predicted octanol–water partition coefficient (Wildman–Crippen LogP) is 4.49. The Hall–Kier alpha value is -4.18. The Kier molecular flexibility index (Phi) is 6.21. The first kappa shape index (κ1) is 21.7. The van der Waals surface area contributed by atoms with Crippen LogP contribution in [0.1, 0.15) is 35.4 Å². The highest BCUT2D eigenvalue weighted by Crippen LogP contribution is 2.29. The third-order valence-corrected chi connectivity index (χ3v) is 6.10. The van der Waals surface area contributed by atoms with Crippen LogP contribution in [0, 0.1) is 6.07 Å². The van der Waals surface area contributed by atoms with Gasteiger partial charge in [0.2, 0.25) is 5.95 Å². The Morgan fingerprint density at radius 1 is 1.03 bits per heavy atom. The predicted molar refractivity (Wildman–Crippen MR) is 134 cm³/mol. The fourth-order valence-corrected chi connectivity index (χ4v) is 4.50. The molecule has 1 aliphatic rings. The first-order valence-corrected chi connectivity index (χ1v) is 11.6. The van der Waals surface area contributed by atoms with Gasteiger partial charge in [-0.25, -0.2) is 4.98 Å². The summed E-state index contributed by atoms with van der Waals surface area (Å²) in [5.41, 5.74) is 5.43. The normalized spacial score (nSPS) is 12.5. The van der Waals surface area contributed by atoms with Crippen LogP contribution < -0.4 is 10.6 Å². The first-order chi connectivity index (χ1) is 16.7. The Morgan fingerprint density at radius 3 is 2.68 bits per heavy atom. The van der Waals surface area contributed by atoms with E-state index in [0.29, 0.717) is 19.0 Å². The molecule has 7 nitrogen and oxygen atoms in total. The number of hydrogen-bond donors (Lipinski definition) is 2. The molecule has 0 spiro atoms. The lowest BCUT2D eigenvalue weighted by Crippen LogP contribution is -2.23. The molecule has 0 fully saturated rings. The van der Waals surface area contributed by atoms with Gasteiger partial charge < -0.3 is 10.6 Å². The zero-order valence-electron chi connectivity index (χ0n) is 19.2. The molecule has 170 valence electrons. The highest BCUT2D eigenvalue weighted by molar-refractivity contribution is 5.92. The van der Waals surface area contributed by atoms with Crippen molar-refractivity contribution in [3.63, 3.8) is 0 Å². The topological polar surface area (TPSA) is 76.2 Å². The molecule has 5 rings (SSSR count). The molecule has 0 bridgehead atoms. The Morgan fingerprint density at radius 2 is 1.82 bits per heavy atom. The van der Waals surface area contributed by atoms with Crippen LogP contribution in [0.15, 0.2) is 60.7 Å². The van der Waals surface area contributed by atoms with E-state index in [1.807, 2.05) is 34.9 Å². The second-order valence-electron chi connectivity index (χ2n) is 8.39. The molecule has 0 aliphatic heterocycles. The van der Waals surface area contributed by atoms with Gasteiger partial charge in [-0.1, -0.05) is 53.4 Å². The SMILES string of the molecule is C[N+]#CC(=O)NCc1cc2ccccc2n1-c1nc2c(c(NCc3ccccc3)n1)CCCC2. The van der Waals surface area contributed by atoms with Gasteiger partial charge in [-0.2, -0.15) is 4.98 Å². The maximum atomic E-state index is 12.0. The molecule has 2 aromatic heterocycles. The fraction of sp³-hybridized carbons (Fsp3) is 0.259. The van der Waals surface area contributed by atoms with E-state index >= 15 is 0 Å². The maximum absolute atomic E-state index is 12.0. The molecule has 7 heteroatoms. The molecule has 0 saturated heterocycles. The van der Waals surface area contributed by atoms with Gasteiger partial charge >= 0.3 is 12.0 Å². The zero-order chi connectivity index (χ0) is 23.3. The number of nitrogens with zero attached hydrogens (tertiary/aromatic N) is 4. The van der Waals surface area contributed by atoms with Crippen molar-refractivity contribution in [1.29, 1.82) is 0 Å². The summed E-state index contributed by atoms with van der Waals surface area (Å²) in [6, 6.07) is 22.9. The quantitative estimate of drug-likeness (QED) is 0.424. The molecule has 1 aliphatic carbocycles. The molecule has 0 radical (unpaired) electrons. The summed E-state index contributed by atoms with van der Waals surface area (Å²) < 4.78 is 2.04. The number of carbonyl (C=O) groups is 1. The smallest absolute Gasteiger partial charge is 0.366 e. The summed E-state index contributed by atoms with van der Waals surface area (Å²) in [5.74, 6) is 1.16. The van der Waals surface area contributed by atoms with E-state index in [1.54, 1.807) is 0 Å². The Bertz CT molecular complexity index is 1400. The van der Waals surface area contributed by atoms with Crippen LogP contribution in [0.5, 0.6) is 0 Å². The van der Waals surface area contributed by atoms with Crippen molar-refractivity contribution < 1.29 is 4.79 Å². The van der Waals surface area contributed by atoms with Crippen LogP contribution in [0.4, 0.5) is 5.82 Å². The number of anilines is 1. The average molecular weight is 452 g/mol. The van der Waals surface area contributed by atoms with Gasteiger partial charge in [-0.3, -0.25) is 9.36 Å². The highest BCUT2D eigenvalue weighted by Gasteiger charge is 2.21.